The van der Waals surface area contributed by atoms with Gasteiger partial charge in [-0.2, -0.15) is 0 Å². The second kappa shape index (κ2) is 4.63. The number of hydrogen-bond donors (Lipinski definition) is 2. The average Bonchev–Trinajstić information content (AvgIpc) is 2.81. The molecule has 18 heavy (non-hydrogen) atoms. The highest BCUT2D eigenvalue weighted by Crippen LogP contribution is 2.29. The van der Waals surface area contributed by atoms with Crippen molar-refractivity contribution in [1.82, 2.24) is 0 Å². The van der Waals surface area contributed by atoms with Gasteiger partial charge in [0.1, 0.15) is 0 Å². The van der Waals surface area contributed by atoms with Gasteiger partial charge >= 0.3 is 0 Å². The molecule has 0 saturated heterocycles. The summed E-state index contributed by atoms with van der Waals surface area (Å²) in [6.45, 7) is 2.24. The second-order valence-corrected chi connectivity index (χ2v) is 5.60. The van der Waals surface area contributed by atoms with Crippen LogP contribution in [0.2, 0.25) is 0 Å². The maximum atomic E-state index is 5.96. The lowest BCUT2D eigenvalue weighted by Crippen LogP contribution is -2.32. The largest absolute Gasteiger partial charge is 0.370 e. The molecule has 3 rings (SSSR count). The molecule has 0 radical (unpaired) electrons. The van der Waals surface area contributed by atoms with E-state index in [0.717, 1.165) is 5.69 Å². The van der Waals surface area contributed by atoms with Gasteiger partial charge in [0.25, 0.3) is 0 Å². The van der Waals surface area contributed by atoms with Gasteiger partial charge in [0, 0.05) is 5.69 Å². The molecule has 1 aromatic rings. The minimum absolute atomic E-state index is 0.423. The van der Waals surface area contributed by atoms with Crippen LogP contribution in [0, 0.1) is 5.92 Å². The molecule has 1 fully saturated rings. The SMILES string of the molecule is CC1CCC1N=C(N)Nc1ccc2c(c1)CCC2. The monoisotopic (exact) mass is 243 g/mol. The third-order valence-electron chi connectivity index (χ3n) is 4.25. The molecule has 2 aliphatic rings. The third-order valence-corrected chi connectivity index (χ3v) is 4.25. The van der Waals surface area contributed by atoms with Crippen molar-refractivity contribution in [3.63, 3.8) is 0 Å². The summed E-state index contributed by atoms with van der Waals surface area (Å²) in [5, 5.41) is 3.22. The van der Waals surface area contributed by atoms with Crippen molar-refractivity contribution >= 4 is 11.6 Å². The Morgan fingerprint density at radius 2 is 2.11 bits per heavy atom. The van der Waals surface area contributed by atoms with E-state index in [-0.39, 0.29) is 0 Å². The van der Waals surface area contributed by atoms with Crippen LogP contribution in [0.15, 0.2) is 23.2 Å². The lowest BCUT2D eigenvalue weighted by atomic mass is 9.82. The molecule has 0 heterocycles. The highest BCUT2D eigenvalue weighted by atomic mass is 15.1. The fraction of sp³-hybridized carbons (Fsp3) is 0.533. The summed E-state index contributed by atoms with van der Waals surface area (Å²) in [5.74, 6) is 1.25. The summed E-state index contributed by atoms with van der Waals surface area (Å²) < 4.78 is 0. The fourth-order valence-electron chi connectivity index (χ4n) is 2.85. The molecule has 0 spiro atoms. The zero-order chi connectivity index (χ0) is 12.5. The Balaban J connectivity index is 1.68. The van der Waals surface area contributed by atoms with Crippen LogP contribution in [-0.4, -0.2) is 12.0 Å². The molecule has 3 N–H and O–H groups in total. The van der Waals surface area contributed by atoms with Crippen molar-refractivity contribution in [3.05, 3.63) is 29.3 Å². The highest BCUT2D eigenvalue weighted by molar-refractivity contribution is 5.92. The molecule has 96 valence electrons. The number of nitrogens with zero attached hydrogens (tertiary/aromatic N) is 1. The van der Waals surface area contributed by atoms with Crippen molar-refractivity contribution in [1.29, 1.82) is 0 Å². The molecule has 3 nitrogen and oxygen atoms in total. The number of fused-ring (bicyclic) bond motifs is 1. The number of nitrogens with one attached hydrogen (secondary N) is 1. The van der Waals surface area contributed by atoms with Crippen molar-refractivity contribution in [2.75, 3.05) is 5.32 Å². The molecule has 2 atom stereocenters. The Morgan fingerprint density at radius 1 is 1.28 bits per heavy atom. The number of anilines is 1. The molecule has 0 amide bonds. The quantitative estimate of drug-likeness (QED) is 0.620. The van der Waals surface area contributed by atoms with Gasteiger partial charge in [-0.15, -0.1) is 0 Å². The minimum atomic E-state index is 0.423. The van der Waals surface area contributed by atoms with E-state index in [1.165, 1.54) is 43.2 Å². The predicted octanol–water partition coefficient (Wildman–Crippen LogP) is 2.70. The Bertz CT molecular complexity index is 479. The number of benzene rings is 1. The summed E-state index contributed by atoms with van der Waals surface area (Å²) in [7, 11) is 0. The first kappa shape index (κ1) is 11.6. The van der Waals surface area contributed by atoms with Gasteiger partial charge < -0.3 is 11.1 Å². The maximum Gasteiger partial charge on any atom is 0.193 e. The van der Waals surface area contributed by atoms with E-state index in [2.05, 4.69) is 35.4 Å². The van der Waals surface area contributed by atoms with Crippen LogP contribution < -0.4 is 11.1 Å². The van der Waals surface area contributed by atoms with Gasteiger partial charge in [-0.25, -0.2) is 4.99 Å². The number of hydrogen-bond acceptors (Lipinski definition) is 1. The van der Waals surface area contributed by atoms with Crippen LogP contribution in [0.5, 0.6) is 0 Å². The Kier molecular flexibility index (Phi) is 2.98. The van der Waals surface area contributed by atoms with Gasteiger partial charge in [0.05, 0.1) is 6.04 Å². The molecule has 3 heteroatoms. The van der Waals surface area contributed by atoms with Crippen molar-refractivity contribution in [2.24, 2.45) is 16.6 Å². The number of aliphatic imine (C=N–C) groups is 1. The first-order valence-corrected chi connectivity index (χ1v) is 6.94. The first-order valence-electron chi connectivity index (χ1n) is 6.94. The van der Waals surface area contributed by atoms with Crippen molar-refractivity contribution in [2.45, 2.75) is 45.1 Å². The first-order chi connectivity index (χ1) is 8.72. The third kappa shape index (κ3) is 2.22. The van der Waals surface area contributed by atoms with Crippen LogP contribution in [0.4, 0.5) is 5.69 Å². The normalized spacial score (nSPS) is 26.6. The molecule has 2 unspecified atom stereocenters. The van der Waals surface area contributed by atoms with Crippen molar-refractivity contribution in [3.8, 4) is 0 Å². The molecular weight excluding hydrogens is 222 g/mol. The van der Waals surface area contributed by atoms with Gasteiger partial charge in [0.15, 0.2) is 5.96 Å². The summed E-state index contributed by atoms with van der Waals surface area (Å²) in [6, 6.07) is 6.96. The average molecular weight is 243 g/mol. The number of rotatable bonds is 2. The van der Waals surface area contributed by atoms with E-state index >= 15 is 0 Å². The summed E-state index contributed by atoms with van der Waals surface area (Å²) in [5.41, 5.74) is 9.99. The van der Waals surface area contributed by atoms with E-state index in [4.69, 9.17) is 5.73 Å². The van der Waals surface area contributed by atoms with Crippen LogP contribution in [0.25, 0.3) is 0 Å². The number of nitrogens with two attached hydrogens (primary N) is 1. The molecule has 0 bridgehead atoms. The molecule has 1 saturated carbocycles. The smallest absolute Gasteiger partial charge is 0.193 e. The Morgan fingerprint density at radius 3 is 2.83 bits per heavy atom. The molecular formula is C15H21N3. The van der Waals surface area contributed by atoms with Crippen LogP contribution in [-0.2, 0) is 12.8 Å². The van der Waals surface area contributed by atoms with Crippen LogP contribution >= 0.6 is 0 Å². The van der Waals surface area contributed by atoms with E-state index in [9.17, 15) is 0 Å². The molecule has 0 aliphatic heterocycles. The summed E-state index contributed by atoms with van der Waals surface area (Å²) in [4.78, 5) is 4.54. The van der Waals surface area contributed by atoms with E-state index in [1.54, 1.807) is 0 Å². The summed E-state index contributed by atoms with van der Waals surface area (Å²) in [6.07, 6.45) is 6.15. The predicted molar refractivity (Wildman–Crippen MR) is 75.9 cm³/mol. The zero-order valence-corrected chi connectivity index (χ0v) is 10.9. The van der Waals surface area contributed by atoms with Crippen LogP contribution in [0.1, 0.15) is 37.3 Å². The second-order valence-electron chi connectivity index (χ2n) is 5.60. The van der Waals surface area contributed by atoms with E-state index in [0.29, 0.717) is 17.9 Å². The zero-order valence-electron chi connectivity index (χ0n) is 10.9. The van der Waals surface area contributed by atoms with E-state index in [1.807, 2.05) is 0 Å². The highest BCUT2D eigenvalue weighted by Gasteiger charge is 2.26. The van der Waals surface area contributed by atoms with Gasteiger partial charge in [-0.3, -0.25) is 0 Å². The maximum absolute atomic E-state index is 5.96. The summed E-state index contributed by atoms with van der Waals surface area (Å²) >= 11 is 0. The lowest BCUT2D eigenvalue weighted by Gasteiger charge is -2.30. The topological polar surface area (TPSA) is 50.4 Å². The standard InChI is InChI=1S/C15H21N3/c1-10-5-8-14(10)18-15(16)17-13-7-6-11-3-2-4-12(11)9-13/h6-7,9-10,14H,2-5,8H2,1H3,(H3,16,17,18). The van der Waals surface area contributed by atoms with E-state index < -0.39 is 0 Å². The number of guanidine groups is 1. The fourth-order valence-corrected chi connectivity index (χ4v) is 2.85. The van der Waals surface area contributed by atoms with Gasteiger partial charge in [0.2, 0.25) is 0 Å². The Labute approximate surface area is 108 Å². The van der Waals surface area contributed by atoms with Crippen molar-refractivity contribution < 1.29 is 0 Å². The molecule has 2 aliphatic carbocycles. The molecule has 0 aromatic heterocycles. The van der Waals surface area contributed by atoms with Gasteiger partial charge in [-0.05, 0) is 61.3 Å². The van der Waals surface area contributed by atoms with Gasteiger partial charge in [-0.1, -0.05) is 13.0 Å². The minimum Gasteiger partial charge on any atom is -0.370 e. The Hall–Kier alpha value is -1.51. The number of aryl methyl sites for hydroxylation is 2. The lowest BCUT2D eigenvalue weighted by molar-refractivity contribution is 0.284. The van der Waals surface area contributed by atoms with Crippen LogP contribution in [0.3, 0.4) is 0 Å². The molecule has 1 aromatic carbocycles.